The van der Waals surface area contributed by atoms with E-state index in [1.807, 2.05) is 6.92 Å². The van der Waals surface area contributed by atoms with Gasteiger partial charge in [-0.15, -0.1) is 0 Å². The van der Waals surface area contributed by atoms with Gasteiger partial charge in [-0.05, 0) is 38.3 Å². The monoisotopic (exact) mass is 301 g/mol. The van der Waals surface area contributed by atoms with Crippen molar-refractivity contribution in [1.29, 1.82) is 0 Å². The number of rotatable bonds is 6. The van der Waals surface area contributed by atoms with Crippen LogP contribution in [0.25, 0.3) is 0 Å². The predicted molar refractivity (Wildman–Crippen MR) is 71.1 cm³/mol. The molecule has 0 N–H and O–H groups in total. The summed E-state index contributed by atoms with van der Waals surface area (Å²) in [5.74, 6) is 0.739. The summed E-state index contributed by atoms with van der Waals surface area (Å²) >= 11 is 3.36. The number of benzene rings is 1. The van der Waals surface area contributed by atoms with Crippen LogP contribution in [0.1, 0.15) is 24.0 Å². The van der Waals surface area contributed by atoms with Gasteiger partial charge in [0.1, 0.15) is 5.75 Å². The summed E-state index contributed by atoms with van der Waals surface area (Å²) in [5, 5.41) is 11.7. The highest BCUT2D eigenvalue weighted by Gasteiger charge is 2.13. The van der Waals surface area contributed by atoms with Gasteiger partial charge < -0.3 is 4.74 Å². The fourth-order valence-corrected chi connectivity index (χ4v) is 1.90. The molecule has 1 rings (SSSR count). The zero-order chi connectivity index (χ0) is 12.8. The van der Waals surface area contributed by atoms with Gasteiger partial charge in [-0.1, -0.05) is 15.9 Å². The third-order valence-corrected chi connectivity index (χ3v) is 3.04. The van der Waals surface area contributed by atoms with Crippen molar-refractivity contribution >= 4 is 21.6 Å². The molecule has 0 heterocycles. The van der Waals surface area contributed by atoms with E-state index in [1.54, 1.807) is 19.1 Å². The number of nitro benzene ring substituents is 1. The Balaban J connectivity index is 2.74. The molecule has 0 unspecified atom stereocenters. The van der Waals surface area contributed by atoms with Crippen LogP contribution >= 0.6 is 15.9 Å². The van der Waals surface area contributed by atoms with Gasteiger partial charge in [0.05, 0.1) is 11.5 Å². The largest absolute Gasteiger partial charge is 0.493 e. The number of halogens is 1. The zero-order valence-electron chi connectivity index (χ0n) is 10.0. The predicted octanol–water partition coefficient (Wildman–Crippen LogP) is 3.77. The Morgan fingerprint density at radius 3 is 2.59 bits per heavy atom. The number of nitrogens with zero attached hydrogens (tertiary/aromatic N) is 1. The Morgan fingerprint density at radius 1 is 1.29 bits per heavy atom. The number of aryl methyl sites for hydroxylation is 2. The summed E-state index contributed by atoms with van der Waals surface area (Å²) in [5.41, 5.74) is 1.59. The van der Waals surface area contributed by atoms with E-state index in [0.29, 0.717) is 12.2 Å². The maximum atomic E-state index is 10.7. The van der Waals surface area contributed by atoms with Crippen LogP contribution in [-0.2, 0) is 0 Å². The summed E-state index contributed by atoms with van der Waals surface area (Å²) in [6, 6.07) is 3.30. The first-order valence-electron chi connectivity index (χ1n) is 5.50. The molecule has 0 radical (unpaired) electrons. The molecule has 0 saturated carbocycles. The van der Waals surface area contributed by atoms with Gasteiger partial charge in [0.25, 0.3) is 5.69 Å². The number of ether oxygens (including phenoxy) is 1. The highest BCUT2D eigenvalue weighted by molar-refractivity contribution is 9.09. The molecule has 4 nitrogen and oxygen atoms in total. The van der Waals surface area contributed by atoms with Crippen molar-refractivity contribution in [3.63, 3.8) is 0 Å². The van der Waals surface area contributed by atoms with Gasteiger partial charge >= 0.3 is 0 Å². The SMILES string of the molecule is Cc1cc([N+](=O)[O-])c(C)cc1OCCCCBr. The Hall–Kier alpha value is -1.10. The van der Waals surface area contributed by atoms with E-state index >= 15 is 0 Å². The van der Waals surface area contributed by atoms with Crippen molar-refractivity contribution in [2.45, 2.75) is 26.7 Å². The number of alkyl halides is 1. The number of hydrogen-bond donors (Lipinski definition) is 0. The molecule has 0 fully saturated rings. The molecule has 17 heavy (non-hydrogen) atoms. The lowest BCUT2D eigenvalue weighted by molar-refractivity contribution is -0.385. The fourth-order valence-electron chi connectivity index (χ4n) is 1.51. The molecule has 1 aromatic rings. The Kier molecular flexibility index (Phi) is 5.41. The Labute approximate surface area is 109 Å². The van der Waals surface area contributed by atoms with E-state index in [1.165, 1.54) is 0 Å². The summed E-state index contributed by atoms with van der Waals surface area (Å²) in [6.07, 6.45) is 2.03. The minimum Gasteiger partial charge on any atom is -0.493 e. The highest BCUT2D eigenvalue weighted by atomic mass is 79.9. The number of unbranched alkanes of at least 4 members (excludes halogenated alkanes) is 1. The summed E-state index contributed by atoms with van der Waals surface area (Å²) < 4.78 is 5.61. The maximum Gasteiger partial charge on any atom is 0.272 e. The van der Waals surface area contributed by atoms with E-state index in [4.69, 9.17) is 4.74 Å². The molecule has 94 valence electrons. The van der Waals surface area contributed by atoms with Crippen LogP contribution in [0.5, 0.6) is 5.75 Å². The number of nitro groups is 1. The molecule has 0 amide bonds. The van der Waals surface area contributed by atoms with Crippen molar-refractivity contribution in [2.75, 3.05) is 11.9 Å². The molecule has 0 bridgehead atoms. The fraction of sp³-hybridized carbons (Fsp3) is 0.500. The van der Waals surface area contributed by atoms with Crippen LogP contribution in [0, 0.1) is 24.0 Å². The lowest BCUT2D eigenvalue weighted by Crippen LogP contribution is -2.01. The molecule has 0 aliphatic rings. The van der Waals surface area contributed by atoms with E-state index in [0.717, 1.165) is 29.5 Å². The molecule has 0 aliphatic heterocycles. The minimum atomic E-state index is -0.364. The van der Waals surface area contributed by atoms with Crippen LogP contribution in [0.4, 0.5) is 5.69 Å². The standard InChI is InChI=1S/C12H16BrNO3/c1-9-8-12(17-6-4-3-5-13)10(2)7-11(9)14(15)16/h7-8H,3-6H2,1-2H3. The first kappa shape index (κ1) is 14.0. The lowest BCUT2D eigenvalue weighted by atomic mass is 10.1. The summed E-state index contributed by atoms with van der Waals surface area (Å²) in [6.45, 7) is 4.19. The molecule has 0 aliphatic carbocycles. The van der Waals surface area contributed by atoms with Crippen LogP contribution in [0.2, 0.25) is 0 Å². The zero-order valence-corrected chi connectivity index (χ0v) is 11.6. The molecular weight excluding hydrogens is 286 g/mol. The van der Waals surface area contributed by atoms with Crippen LogP contribution in [-0.4, -0.2) is 16.9 Å². The molecular formula is C12H16BrNO3. The van der Waals surface area contributed by atoms with Crippen molar-refractivity contribution < 1.29 is 9.66 Å². The Morgan fingerprint density at radius 2 is 2.00 bits per heavy atom. The summed E-state index contributed by atoms with van der Waals surface area (Å²) in [7, 11) is 0. The summed E-state index contributed by atoms with van der Waals surface area (Å²) in [4.78, 5) is 10.4. The van der Waals surface area contributed by atoms with E-state index in [-0.39, 0.29) is 10.6 Å². The second kappa shape index (κ2) is 6.59. The van der Waals surface area contributed by atoms with E-state index in [2.05, 4.69) is 15.9 Å². The molecule has 0 atom stereocenters. The molecule has 0 aromatic heterocycles. The lowest BCUT2D eigenvalue weighted by Gasteiger charge is -2.09. The third-order valence-electron chi connectivity index (χ3n) is 2.48. The van der Waals surface area contributed by atoms with Crippen molar-refractivity contribution in [1.82, 2.24) is 0 Å². The van der Waals surface area contributed by atoms with Crippen LogP contribution in [0.15, 0.2) is 12.1 Å². The highest BCUT2D eigenvalue weighted by Crippen LogP contribution is 2.27. The molecule has 5 heteroatoms. The first-order valence-corrected chi connectivity index (χ1v) is 6.62. The average molecular weight is 302 g/mol. The molecule has 0 spiro atoms. The maximum absolute atomic E-state index is 10.7. The van der Waals surface area contributed by atoms with E-state index < -0.39 is 0 Å². The van der Waals surface area contributed by atoms with Gasteiger partial charge in [-0.2, -0.15) is 0 Å². The number of hydrogen-bond acceptors (Lipinski definition) is 3. The minimum absolute atomic E-state index is 0.148. The van der Waals surface area contributed by atoms with Gasteiger partial charge in [0.2, 0.25) is 0 Å². The van der Waals surface area contributed by atoms with E-state index in [9.17, 15) is 10.1 Å². The second-order valence-corrected chi connectivity index (χ2v) is 4.70. The second-order valence-electron chi connectivity index (χ2n) is 3.91. The van der Waals surface area contributed by atoms with Gasteiger partial charge in [0.15, 0.2) is 0 Å². The van der Waals surface area contributed by atoms with Crippen molar-refractivity contribution in [3.05, 3.63) is 33.4 Å². The first-order chi connectivity index (χ1) is 8.06. The quantitative estimate of drug-likeness (QED) is 0.348. The van der Waals surface area contributed by atoms with Crippen LogP contribution < -0.4 is 4.74 Å². The molecule has 0 saturated heterocycles. The normalized spacial score (nSPS) is 10.3. The van der Waals surface area contributed by atoms with Crippen molar-refractivity contribution in [2.24, 2.45) is 0 Å². The Bertz CT molecular complexity index is 407. The van der Waals surface area contributed by atoms with Gasteiger partial charge in [-0.3, -0.25) is 10.1 Å². The van der Waals surface area contributed by atoms with Gasteiger partial charge in [0, 0.05) is 17.0 Å². The van der Waals surface area contributed by atoms with Crippen molar-refractivity contribution in [3.8, 4) is 5.75 Å². The third kappa shape index (κ3) is 4.00. The smallest absolute Gasteiger partial charge is 0.272 e. The average Bonchev–Trinajstić information content (AvgIpc) is 2.28. The molecule has 1 aromatic carbocycles. The topological polar surface area (TPSA) is 52.4 Å². The van der Waals surface area contributed by atoms with Crippen LogP contribution in [0.3, 0.4) is 0 Å². The van der Waals surface area contributed by atoms with Gasteiger partial charge in [-0.25, -0.2) is 0 Å².